The number of nitrogens with two attached hydrogens (primary N) is 1. The van der Waals surface area contributed by atoms with E-state index in [9.17, 15) is 0 Å². The van der Waals surface area contributed by atoms with Crippen molar-refractivity contribution in [2.75, 3.05) is 5.73 Å². The molecule has 2 N–H and O–H groups in total. The highest BCUT2D eigenvalue weighted by molar-refractivity contribution is 5.63. The molecule has 158 valence electrons. The molecule has 0 heterocycles. The van der Waals surface area contributed by atoms with Crippen LogP contribution in [-0.2, 0) is 4.79 Å². The number of nitrogen functional groups attached to an aromatic ring is 1. The lowest BCUT2D eigenvalue weighted by atomic mass is 9.77. The molecule has 2 nitrogen and oxygen atoms in total. The first-order chi connectivity index (χ1) is 14.7. The maximum atomic E-state index is 9.06. The molecule has 30 heavy (non-hydrogen) atoms. The van der Waals surface area contributed by atoms with Crippen LogP contribution in [0.3, 0.4) is 0 Å². The fourth-order valence-electron chi connectivity index (χ4n) is 4.02. The van der Waals surface area contributed by atoms with Gasteiger partial charge >= 0.3 is 0 Å². The second-order valence-corrected chi connectivity index (χ2v) is 8.08. The minimum Gasteiger partial charge on any atom is -0.399 e. The molecule has 0 atom stereocenters. The Morgan fingerprint density at radius 2 is 1.47 bits per heavy atom. The van der Waals surface area contributed by atoms with Crippen molar-refractivity contribution < 1.29 is 4.79 Å². The van der Waals surface area contributed by atoms with E-state index in [-0.39, 0.29) is 0 Å². The van der Waals surface area contributed by atoms with Crippen molar-refractivity contribution >= 4 is 12.0 Å². The highest BCUT2D eigenvalue weighted by Gasteiger charge is 2.21. The van der Waals surface area contributed by atoms with E-state index < -0.39 is 0 Å². The zero-order valence-corrected chi connectivity index (χ0v) is 18.3. The largest absolute Gasteiger partial charge is 0.399 e. The third-order valence-corrected chi connectivity index (χ3v) is 5.80. The van der Waals surface area contributed by atoms with Crippen molar-refractivity contribution in [3.05, 3.63) is 77.9 Å². The van der Waals surface area contributed by atoms with Crippen molar-refractivity contribution in [3.8, 4) is 11.8 Å². The minimum atomic E-state index is 0.639. The van der Waals surface area contributed by atoms with Gasteiger partial charge < -0.3 is 5.73 Å². The van der Waals surface area contributed by atoms with E-state index in [1.807, 2.05) is 24.3 Å². The van der Waals surface area contributed by atoms with Gasteiger partial charge in [-0.1, -0.05) is 63.2 Å². The number of unbranched alkanes of at least 4 members (excludes halogenated alkanes) is 2. The molecular weight excluding hydrogens is 366 g/mol. The Morgan fingerprint density at radius 1 is 0.933 bits per heavy atom. The number of allylic oxidation sites excluding steroid dienone is 1. The standard InChI is InChI=1S/C25H31N.C3H4O/c1-2-3-4-5-20-8-14-23(15-9-20)24-16-10-21(11-17-24)6-7-22-12-18-25(26)19-13-22;1-2-3-4/h10-13,16-20,23H,2-5,8-9,14-15,26H2,1H3;2-3H,1H2. The van der Waals surface area contributed by atoms with Crippen LogP contribution in [0.1, 0.15) is 80.9 Å². The molecule has 1 aliphatic rings. The molecule has 2 heteroatoms. The lowest BCUT2D eigenvalue weighted by Crippen LogP contribution is -2.13. The summed E-state index contributed by atoms with van der Waals surface area (Å²) in [4.78, 5) is 9.06. The van der Waals surface area contributed by atoms with Gasteiger partial charge in [-0.25, -0.2) is 0 Å². The highest BCUT2D eigenvalue weighted by atomic mass is 16.1. The van der Waals surface area contributed by atoms with Gasteiger partial charge in [-0.3, -0.25) is 4.79 Å². The Labute approximate surface area is 182 Å². The van der Waals surface area contributed by atoms with Crippen molar-refractivity contribution in [1.82, 2.24) is 0 Å². The van der Waals surface area contributed by atoms with Gasteiger partial charge in [0.05, 0.1) is 0 Å². The predicted octanol–water partition coefficient (Wildman–Crippen LogP) is 6.89. The van der Waals surface area contributed by atoms with Gasteiger partial charge in [0.2, 0.25) is 0 Å². The average molecular weight is 402 g/mol. The van der Waals surface area contributed by atoms with Gasteiger partial charge in [-0.2, -0.15) is 0 Å². The van der Waals surface area contributed by atoms with E-state index >= 15 is 0 Å². The molecule has 0 amide bonds. The van der Waals surface area contributed by atoms with E-state index in [1.165, 1.54) is 63.0 Å². The van der Waals surface area contributed by atoms with Crippen LogP contribution in [0.2, 0.25) is 0 Å². The average Bonchev–Trinajstić information content (AvgIpc) is 2.80. The first kappa shape index (κ1) is 23.5. The molecule has 0 saturated heterocycles. The van der Waals surface area contributed by atoms with Gasteiger partial charge in [0, 0.05) is 16.8 Å². The number of carbonyl (C=O) groups excluding carboxylic acids is 1. The van der Waals surface area contributed by atoms with Gasteiger partial charge in [-0.05, 0) is 85.6 Å². The van der Waals surface area contributed by atoms with Gasteiger partial charge in [-0.15, -0.1) is 0 Å². The van der Waals surface area contributed by atoms with Gasteiger partial charge in [0.1, 0.15) is 6.29 Å². The maximum Gasteiger partial charge on any atom is 0.142 e. The number of carbonyl (C=O) groups is 1. The Kier molecular flexibility index (Phi) is 10.5. The predicted molar refractivity (Wildman–Crippen MR) is 128 cm³/mol. The van der Waals surface area contributed by atoms with Crippen LogP contribution in [0.4, 0.5) is 5.69 Å². The molecule has 0 unspecified atom stereocenters. The van der Waals surface area contributed by atoms with Crippen LogP contribution >= 0.6 is 0 Å². The van der Waals surface area contributed by atoms with Crippen LogP contribution in [0.25, 0.3) is 0 Å². The fourth-order valence-corrected chi connectivity index (χ4v) is 4.02. The molecule has 2 aromatic rings. The van der Waals surface area contributed by atoms with Gasteiger partial charge in [0.15, 0.2) is 0 Å². The van der Waals surface area contributed by atoms with E-state index in [0.717, 1.165) is 28.7 Å². The molecule has 0 aliphatic heterocycles. The number of rotatable bonds is 6. The highest BCUT2D eigenvalue weighted by Crippen LogP contribution is 2.37. The first-order valence-corrected chi connectivity index (χ1v) is 11.2. The molecule has 1 aliphatic carbocycles. The second kappa shape index (κ2) is 13.4. The Balaban J connectivity index is 0.000000735. The van der Waals surface area contributed by atoms with E-state index in [4.69, 9.17) is 10.5 Å². The Morgan fingerprint density at radius 3 is 1.97 bits per heavy atom. The summed E-state index contributed by atoms with van der Waals surface area (Å²) < 4.78 is 0. The lowest BCUT2D eigenvalue weighted by molar-refractivity contribution is -0.104. The summed E-state index contributed by atoms with van der Waals surface area (Å²) in [6, 6.07) is 16.6. The molecule has 0 spiro atoms. The molecule has 2 aromatic carbocycles. The van der Waals surface area contributed by atoms with Crippen LogP contribution in [0.5, 0.6) is 0 Å². The number of benzene rings is 2. The lowest BCUT2D eigenvalue weighted by Gasteiger charge is -2.29. The summed E-state index contributed by atoms with van der Waals surface area (Å²) in [7, 11) is 0. The van der Waals surface area contributed by atoms with E-state index in [1.54, 1.807) is 0 Å². The quantitative estimate of drug-likeness (QED) is 0.188. The summed E-state index contributed by atoms with van der Waals surface area (Å²) in [5.74, 6) is 8.19. The smallest absolute Gasteiger partial charge is 0.142 e. The third kappa shape index (κ3) is 8.29. The first-order valence-electron chi connectivity index (χ1n) is 11.2. The summed E-state index contributed by atoms with van der Waals surface area (Å²) in [5.41, 5.74) is 10.1. The molecule has 1 saturated carbocycles. The zero-order valence-electron chi connectivity index (χ0n) is 18.3. The number of hydrogen-bond donors (Lipinski definition) is 1. The molecule has 1 fully saturated rings. The fraction of sp³-hybridized carbons (Fsp3) is 0.393. The Bertz CT molecular complexity index is 810. The topological polar surface area (TPSA) is 43.1 Å². The summed E-state index contributed by atoms with van der Waals surface area (Å²) >= 11 is 0. The van der Waals surface area contributed by atoms with Gasteiger partial charge in [0.25, 0.3) is 0 Å². The second-order valence-electron chi connectivity index (χ2n) is 8.08. The van der Waals surface area contributed by atoms with Crippen molar-refractivity contribution in [1.29, 1.82) is 0 Å². The number of hydrogen-bond acceptors (Lipinski definition) is 2. The molecule has 0 radical (unpaired) electrons. The third-order valence-electron chi connectivity index (χ3n) is 5.80. The van der Waals surface area contributed by atoms with Crippen molar-refractivity contribution in [2.45, 2.75) is 64.2 Å². The molecular formula is C28H35NO. The van der Waals surface area contributed by atoms with Crippen LogP contribution < -0.4 is 5.73 Å². The SMILES string of the molecule is C=CC=O.CCCCCC1CCC(c2ccc(C#Cc3ccc(N)cc3)cc2)CC1. The normalized spacial score (nSPS) is 17.6. The van der Waals surface area contributed by atoms with Crippen molar-refractivity contribution in [2.24, 2.45) is 5.92 Å². The summed E-state index contributed by atoms with van der Waals surface area (Å²) in [6.07, 6.45) is 13.0. The summed E-state index contributed by atoms with van der Waals surface area (Å²) in [5, 5.41) is 0. The zero-order chi connectivity index (χ0) is 21.6. The van der Waals surface area contributed by atoms with E-state index in [0.29, 0.717) is 6.29 Å². The van der Waals surface area contributed by atoms with Crippen LogP contribution in [0, 0.1) is 17.8 Å². The van der Waals surface area contributed by atoms with Crippen molar-refractivity contribution in [3.63, 3.8) is 0 Å². The molecule has 0 aromatic heterocycles. The monoisotopic (exact) mass is 401 g/mol. The van der Waals surface area contributed by atoms with E-state index in [2.05, 4.69) is 49.6 Å². The van der Waals surface area contributed by atoms with Crippen LogP contribution in [-0.4, -0.2) is 6.29 Å². The molecule has 3 rings (SSSR count). The minimum absolute atomic E-state index is 0.639. The Hall–Kier alpha value is -2.79. The summed E-state index contributed by atoms with van der Waals surface area (Å²) in [6.45, 7) is 5.40. The number of anilines is 1. The molecule has 0 bridgehead atoms. The van der Waals surface area contributed by atoms with Crippen LogP contribution in [0.15, 0.2) is 61.2 Å². The maximum absolute atomic E-state index is 9.06. The number of aldehydes is 1.